The fourth-order valence-corrected chi connectivity index (χ4v) is 3.60. The standard InChI is InChI=1S/C30H44N2O7/c1-21(2)31-18-25(33)19-37-26-12-6-24(7-13-26)11-17-30(35)39-28(32-22(3)4)20-38-27-14-8-23(9-15-27)10-16-29(34)36-5/h6-9,12-15,21-22,25,28,31-33H,10-11,16-20H2,1-5H3. The minimum atomic E-state index is -0.594. The predicted molar refractivity (Wildman–Crippen MR) is 150 cm³/mol. The quantitative estimate of drug-likeness (QED) is 0.192. The highest BCUT2D eigenvalue weighted by Gasteiger charge is 2.17. The Kier molecular flexibility index (Phi) is 14.3. The van der Waals surface area contributed by atoms with Crippen molar-refractivity contribution in [3.8, 4) is 11.5 Å². The SMILES string of the molecule is COC(=O)CCc1ccc(OCC(NC(C)C)OC(=O)CCc2ccc(OCC(O)CNC(C)C)cc2)cc1. The molecule has 2 rings (SSSR count). The summed E-state index contributed by atoms with van der Waals surface area (Å²) in [5, 5.41) is 16.4. The molecule has 0 radical (unpaired) electrons. The Morgan fingerprint density at radius 1 is 0.769 bits per heavy atom. The van der Waals surface area contributed by atoms with E-state index >= 15 is 0 Å². The number of esters is 2. The lowest BCUT2D eigenvalue weighted by molar-refractivity contribution is -0.152. The van der Waals surface area contributed by atoms with Gasteiger partial charge in [0.15, 0.2) is 6.23 Å². The van der Waals surface area contributed by atoms with E-state index in [-0.39, 0.29) is 37.6 Å². The molecule has 0 aromatic heterocycles. The van der Waals surface area contributed by atoms with Crippen LogP contribution in [0.5, 0.6) is 11.5 Å². The van der Waals surface area contributed by atoms with Crippen molar-refractivity contribution in [1.29, 1.82) is 0 Å². The molecule has 2 aromatic rings. The van der Waals surface area contributed by atoms with Crippen LogP contribution in [0.2, 0.25) is 0 Å². The molecule has 0 fully saturated rings. The average Bonchev–Trinajstić information content (AvgIpc) is 2.92. The molecule has 0 saturated carbocycles. The Bertz CT molecular complexity index is 978. The van der Waals surface area contributed by atoms with Crippen molar-refractivity contribution < 1.29 is 33.6 Å². The molecular weight excluding hydrogens is 500 g/mol. The van der Waals surface area contributed by atoms with Crippen LogP contribution in [0, 0.1) is 0 Å². The van der Waals surface area contributed by atoms with Gasteiger partial charge in [0.05, 0.1) is 7.11 Å². The zero-order valence-electron chi connectivity index (χ0n) is 23.8. The number of benzene rings is 2. The van der Waals surface area contributed by atoms with Crippen molar-refractivity contribution in [2.24, 2.45) is 0 Å². The van der Waals surface area contributed by atoms with Gasteiger partial charge in [-0.05, 0) is 62.1 Å². The van der Waals surface area contributed by atoms with E-state index in [9.17, 15) is 14.7 Å². The molecule has 3 N–H and O–H groups in total. The van der Waals surface area contributed by atoms with E-state index < -0.39 is 12.3 Å². The van der Waals surface area contributed by atoms with Crippen LogP contribution in [0.4, 0.5) is 0 Å². The fraction of sp³-hybridized carbons (Fsp3) is 0.533. The van der Waals surface area contributed by atoms with Gasteiger partial charge in [-0.3, -0.25) is 14.9 Å². The van der Waals surface area contributed by atoms with E-state index in [2.05, 4.69) is 15.4 Å². The van der Waals surface area contributed by atoms with Crippen molar-refractivity contribution in [3.05, 3.63) is 59.7 Å². The topological polar surface area (TPSA) is 115 Å². The van der Waals surface area contributed by atoms with Crippen LogP contribution in [0.25, 0.3) is 0 Å². The number of nitrogens with one attached hydrogen (secondary N) is 2. The molecule has 0 amide bonds. The molecule has 0 aliphatic heterocycles. The zero-order valence-corrected chi connectivity index (χ0v) is 23.8. The summed E-state index contributed by atoms with van der Waals surface area (Å²) >= 11 is 0. The van der Waals surface area contributed by atoms with Gasteiger partial charge in [-0.25, -0.2) is 0 Å². The molecule has 0 spiro atoms. The van der Waals surface area contributed by atoms with Crippen LogP contribution in [-0.4, -0.2) is 68.3 Å². The summed E-state index contributed by atoms with van der Waals surface area (Å²) in [5.74, 6) is 0.748. The van der Waals surface area contributed by atoms with Gasteiger partial charge in [0.1, 0.15) is 30.8 Å². The van der Waals surface area contributed by atoms with Crippen molar-refractivity contribution >= 4 is 11.9 Å². The van der Waals surface area contributed by atoms with E-state index in [0.717, 1.165) is 11.1 Å². The third-order valence-corrected chi connectivity index (χ3v) is 5.71. The van der Waals surface area contributed by atoms with Crippen molar-refractivity contribution in [1.82, 2.24) is 10.6 Å². The number of carbonyl (C=O) groups excluding carboxylic acids is 2. The van der Waals surface area contributed by atoms with Crippen LogP contribution in [0.3, 0.4) is 0 Å². The monoisotopic (exact) mass is 544 g/mol. The summed E-state index contributed by atoms with van der Waals surface area (Å²) in [6, 6.07) is 15.3. The lowest BCUT2D eigenvalue weighted by Gasteiger charge is -2.22. The second kappa shape index (κ2) is 17.4. The largest absolute Gasteiger partial charge is 0.491 e. The first kappa shape index (κ1) is 32.1. The molecule has 2 aromatic carbocycles. The van der Waals surface area contributed by atoms with Crippen molar-refractivity contribution in [3.63, 3.8) is 0 Å². The normalized spacial score (nSPS) is 12.7. The lowest BCUT2D eigenvalue weighted by Crippen LogP contribution is -2.42. The van der Waals surface area contributed by atoms with Crippen molar-refractivity contribution in [2.45, 2.75) is 77.8 Å². The summed E-state index contributed by atoms with van der Waals surface area (Å²) in [5.41, 5.74) is 1.99. The lowest BCUT2D eigenvalue weighted by atomic mass is 10.1. The van der Waals surface area contributed by atoms with Crippen molar-refractivity contribution in [2.75, 3.05) is 26.9 Å². The third kappa shape index (κ3) is 14.0. The van der Waals surface area contributed by atoms with Gasteiger partial charge >= 0.3 is 11.9 Å². The maximum Gasteiger partial charge on any atom is 0.307 e. The number of rotatable bonds is 18. The summed E-state index contributed by atoms with van der Waals surface area (Å²) in [6.07, 6.45) is 0.496. The highest BCUT2D eigenvalue weighted by molar-refractivity contribution is 5.70. The first-order valence-electron chi connectivity index (χ1n) is 13.5. The number of ether oxygens (including phenoxy) is 4. The smallest absolute Gasteiger partial charge is 0.307 e. The summed E-state index contributed by atoms with van der Waals surface area (Å²) in [7, 11) is 1.38. The van der Waals surface area contributed by atoms with Gasteiger partial charge in [-0.1, -0.05) is 38.1 Å². The Morgan fingerprint density at radius 3 is 1.77 bits per heavy atom. The maximum atomic E-state index is 12.6. The van der Waals surface area contributed by atoms with Crippen LogP contribution < -0.4 is 20.1 Å². The van der Waals surface area contributed by atoms with Gasteiger partial charge < -0.3 is 29.4 Å². The first-order chi connectivity index (χ1) is 18.6. The van der Waals surface area contributed by atoms with E-state index in [1.807, 2.05) is 76.2 Å². The molecule has 216 valence electrons. The van der Waals surface area contributed by atoms with Crippen LogP contribution in [0.15, 0.2) is 48.5 Å². The molecule has 0 saturated heterocycles. The number of methoxy groups -OCH3 is 1. The second-order valence-electron chi connectivity index (χ2n) is 10.0. The van der Waals surface area contributed by atoms with Gasteiger partial charge in [0, 0.05) is 31.5 Å². The molecule has 0 aliphatic rings. The van der Waals surface area contributed by atoms with E-state index in [0.29, 0.717) is 43.3 Å². The number of carbonyl (C=O) groups is 2. The first-order valence-corrected chi connectivity index (χ1v) is 13.5. The van der Waals surface area contributed by atoms with Crippen LogP contribution in [0.1, 0.15) is 51.7 Å². The molecule has 39 heavy (non-hydrogen) atoms. The Balaban J connectivity index is 1.77. The van der Waals surface area contributed by atoms with Gasteiger partial charge in [0.25, 0.3) is 0 Å². The van der Waals surface area contributed by atoms with Crippen LogP contribution >= 0.6 is 0 Å². The van der Waals surface area contributed by atoms with E-state index in [1.165, 1.54) is 7.11 Å². The fourth-order valence-electron chi connectivity index (χ4n) is 3.60. The Morgan fingerprint density at radius 2 is 1.28 bits per heavy atom. The summed E-state index contributed by atoms with van der Waals surface area (Å²) in [4.78, 5) is 23.9. The minimum Gasteiger partial charge on any atom is -0.491 e. The molecule has 0 aliphatic carbocycles. The number of aryl methyl sites for hydroxylation is 2. The van der Waals surface area contributed by atoms with Gasteiger partial charge in [-0.2, -0.15) is 0 Å². The summed E-state index contributed by atoms with van der Waals surface area (Å²) in [6.45, 7) is 8.83. The maximum absolute atomic E-state index is 12.6. The zero-order chi connectivity index (χ0) is 28.6. The predicted octanol–water partition coefficient (Wildman–Crippen LogP) is 3.41. The van der Waals surface area contributed by atoms with Gasteiger partial charge in [-0.15, -0.1) is 0 Å². The molecule has 2 unspecified atom stereocenters. The molecule has 9 nitrogen and oxygen atoms in total. The molecular formula is C30H44N2O7. The summed E-state index contributed by atoms with van der Waals surface area (Å²) < 4.78 is 21.8. The number of hydrogen-bond acceptors (Lipinski definition) is 9. The minimum absolute atomic E-state index is 0.0966. The van der Waals surface area contributed by atoms with Crippen LogP contribution in [-0.2, 0) is 31.9 Å². The third-order valence-electron chi connectivity index (χ3n) is 5.71. The molecule has 9 heteroatoms. The average molecular weight is 545 g/mol. The second-order valence-corrected chi connectivity index (χ2v) is 10.0. The number of aliphatic hydroxyl groups excluding tert-OH is 1. The Labute approximate surface area is 232 Å². The number of aliphatic hydroxyl groups is 1. The van der Waals surface area contributed by atoms with E-state index in [1.54, 1.807) is 0 Å². The highest BCUT2D eigenvalue weighted by Crippen LogP contribution is 2.16. The molecule has 0 heterocycles. The van der Waals surface area contributed by atoms with E-state index in [4.69, 9.17) is 14.2 Å². The Hall–Kier alpha value is -3.14. The highest BCUT2D eigenvalue weighted by atomic mass is 16.6. The molecule has 2 atom stereocenters. The number of hydrogen-bond donors (Lipinski definition) is 3. The van der Waals surface area contributed by atoms with Gasteiger partial charge in [0.2, 0.25) is 0 Å². The molecule has 0 bridgehead atoms.